The van der Waals surface area contributed by atoms with Crippen molar-refractivity contribution in [2.24, 2.45) is 11.7 Å². The summed E-state index contributed by atoms with van der Waals surface area (Å²) in [5.74, 6) is 0.546. The lowest BCUT2D eigenvalue weighted by molar-refractivity contribution is -0.123. The summed E-state index contributed by atoms with van der Waals surface area (Å²) in [6.45, 7) is 0.797. The van der Waals surface area contributed by atoms with E-state index in [1.165, 1.54) is 32.1 Å². The topological polar surface area (TPSA) is 72.9 Å². The highest BCUT2D eigenvalue weighted by molar-refractivity contribution is 5.76. The number of nitrogens with two attached hydrogens (primary N) is 1. The fourth-order valence-corrected chi connectivity index (χ4v) is 2.70. The Hall–Kier alpha value is -1.36. The van der Waals surface area contributed by atoms with Crippen LogP contribution in [0.1, 0.15) is 32.1 Å². The van der Waals surface area contributed by atoms with Gasteiger partial charge in [0, 0.05) is 25.0 Å². The standard InChI is InChI=1S/C13H22N4O/c14-9-12(11-5-2-1-3-6-11)16-13(18)10-17-8-4-7-15-17/h4,7-8,11-12H,1-3,5-6,9-10,14H2,(H,16,18). The molecule has 1 atom stereocenters. The number of rotatable bonds is 5. The zero-order chi connectivity index (χ0) is 12.8. The number of nitrogens with zero attached hydrogens (tertiary/aromatic N) is 2. The molecule has 1 aromatic rings. The average Bonchev–Trinajstić information content (AvgIpc) is 2.90. The molecule has 1 saturated carbocycles. The van der Waals surface area contributed by atoms with Crippen molar-refractivity contribution in [1.29, 1.82) is 0 Å². The van der Waals surface area contributed by atoms with Gasteiger partial charge in [-0.2, -0.15) is 5.10 Å². The van der Waals surface area contributed by atoms with Crippen LogP contribution in [0.15, 0.2) is 18.5 Å². The predicted octanol–water partition coefficient (Wildman–Crippen LogP) is 0.907. The van der Waals surface area contributed by atoms with E-state index in [1.807, 2.05) is 6.07 Å². The summed E-state index contributed by atoms with van der Waals surface area (Å²) in [7, 11) is 0. The Labute approximate surface area is 108 Å². The lowest BCUT2D eigenvalue weighted by Gasteiger charge is -2.30. The Balaban J connectivity index is 1.83. The van der Waals surface area contributed by atoms with Gasteiger partial charge in [-0.25, -0.2) is 0 Å². The molecule has 0 aliphatic heterocycles. The summed E-state index contributed by atoms with van der Waals surface area (Å²) in [6, 6.07) is 1.93. The molecule has 100 valence electrons. The van der Waals surface area contributed by atoms with Crippen LogP contribution in [0.3, 0.4) is 0 Å². The number of carbonyl (C=O) groups is 1. The average molecular weight is 250 g/mol. The van der Waals surface area contributed by atoms with Crippen LogP contribution in [-0.2, 0) is 11.3 Å². The molecule has 0 spiro atoms. The van der Waals surface area contributed by atoms with Gasteiger partial charge in [0.25, 0.3) is 0 Å². The second-order valence-corrected chi connectivity index (χ2v) is 5.01. The molecule has 5 heteroatoms. The third-order valence-electron chi connectivity index (χ3n) is 3.68. The van der Waals surface area contributed by atoms with E-state index in [1.54, 1.807) is 17.1 Å². The van der Waals surface area contributed by atoms with Crippen molar-refractivity contribution in [1.82, 2.24) is 15.1 Å². The molecular formula is C13H22N4O. The van der Waals surface area contributed by atoms with Gasteiger partial charge in [-0.05, 0) is 24.8 Å². The van der Waals surface area contributed by atoms with Gasteiger partial charge < -0.3 is 11.1 Å². The molecule has 1 fully saturated rings. The normalized spacial score (nSPS) is 18.5. The summed E-state index contributed by atoms with van der Waals surface area (Å²) in [4.78, 5) is 11.9. The van der Waals surface area contributed by atoms with Crippen molar-refractivity contribution in [3.8, 4) is 0 Å². The zero-order valence-corrected chi connectivity index (χ0v) is 10.7. The summed E-state index contributed by atoms with van der Waals surface area (Å²) in [5.41, 5.74) is 5.79. The second-order valence-electron chi connectivity index (χ2n) is 5.01. The monoisotopic (exact) mass is 250 g/mol. The van der Waals surface area contributed by atoms with Crippen molar-refractivity contribution >= 4 is 5.91 Å². The molecule has 0 radical (unpaired) electrons. The van der Waals surface area contributed by atoms with E-state index in [0.717, 1.165) is 0 Å². The van der Waals surface area contributed by atoms with Crippen LogP contribution in [0.2, 0.25) is 0 Å². The van der Waals surface area contributed by atoms with Crippen LogP contribution in [-0.4, -0.2) is 28.3 Å². The van der Waals surface area contributed by atoms with E-state index < -0.39 is 0 Å². The Bertz CT molecular complexity index is 357. The fraction of sp³-hybridized carbons (Fsp3) is 0.692. The third kappa shape index (κ3) is 3.57. The van der Waals surface area contributed by atoms with Crippen LogP contribution >= 0.6 is 0 Å². The van der Waals surface area contributed by atoms with Gasteiger partial charge in [0.15, 0.2) is 0 Å². The van der Waals surface area contributed by atoms with E-state index in [-0.39, 0.29) is 18.5 Å². The Morgan fingerprint density at radius 1 is 1.44 bits per heavy atom. The van der Waals surface area contributed by atoms with Gasteiger partial charge >= 0.3 is 0 Å². The minimum atomic E-state index is -0.000256. The van der Waals surface area contributed by atoms with Crippen molar-refractivity contribution < 1.29 is 4.79 Å². The predicted molar refractivity (Wildman–Crippen MR) is 69.8 cm³/mol. The first-order valence-electron chi connectivity index (χ1n) is 6.76. The molecule has 1 aliphatic rings. The smallest absolute Gasteiger partial charge is 0.242 e. The second kappa shape index (κ2) is 6.54. The van der Waals surface area contributed by atoms with Crippen LogP contribution in [0.4, 0.5) is 0 Å². The van der Waals surface area contributed by atoms with E-state index in [9.17, 15) is 4.79 Å². The number of carbonyl (C=O) groups excluding carboxylic acids is 1. The maximum Gasteiger partial charge on any atom is 0.242 e. The number of amides is 1. The number of aromatic nitrogens is 2. The number of hydrogen-bond donors (Lipinski definition) is 2. The highest BCUT2D eigenvalue weighted by Gasteiger charge is 2.23. The molecule has 0 aromatic carbocycles. The van der Waals surface area contributed by atoms with Crippen molar-refractivity contribution in [2.45, 2.75) is 44.7 Å². The van der Waals surface area contributed by atoms with E-state index in [0.29, 0.717) is 12.5 Å². The van der Waals surface area contributed by atoms with Crippen LogP contribution in [0.25, 0.3) is 0 Å². The van der Waals surface area contributed by atoms with Crippen molar-refractivity contribution in [3.05, 3.63) is 18.5 Å². The van der Waals surface area contributed by atoms with Crippen LogP contribution in [0.5, 0.6) is 0 Å². The summed E-state index contributed by atoms with van der Waals surface area (Å²) >= 11 is 0. The first-order chi connectivity index (χ1) is 8.79. The van der Waals surface area contributed by atoms with Crippen molar-refractivity contribution in [2.75, 3.05) is 6.54 Å². The summed E-state index contributed by atoms with van der Waals surface area (Å²) in [5, 5.41) is 7.08. The highest BCUT2D eigenvalue weighted by Crippen LogP contribution is 2.26. The molecule has 1 aromatic heterocycles. The van der Waals surface area contributed by atoms with Gasteiger partial charge in [0.2, 0.25) is 5.91 Å². The Kier molecular flexibility index (Phi) is 4.75. The SMILES string of the molecule is NCC(NC(=O)Cn1cccn1)C1CCCCC1. The van der Waals surface area contributed by atoms with Gasteiger partial charge in [0.05, 0.1) is 0 Å². The third-order valence-corrected chi connectivity index (χ3v) is 3.68. The lowest BCUT2D eigenvalue weighted by atomic mass is 9.84. The largest absolute Gasteiger partial charge is 0.350 e. The first-order valence-corrected chi connectivity index (χ1v) is 6.76. The van der Waals surface area contributed by atoms with Gasteiger partial charge in [-0.3, -0.25) is 9.48 Å². The lowest BCUT2D eigenvalue weighted by Crippen LogP contribution is -2.47. The first kappa shape index (κ1) is 13.1. The Morgan fingerprint density at radius 2 is 2.22 bits per heavy atom. The maximum atomic E-state index is 11.9. The molecule has 0 bridgehead atoms. The molecule has 3 N–H and O–H groups in total. The fourth-order valence-electron chi connectivity index (χ4n) is 2.70. The van der Waals surface area contributed by atoms with Crippen molar-refractivity contribution in [3.63, 3.8) is 0 Å². The molecule has 1 aliphatic carbocycles. The van der Waals surface area contributed by atoms with E-state index in [4.69, 9.17) is 5.73 Å². The number of nitrogens with one attached hydrogen (secondary N) is 1. The Morgan fingerprint density at radius 3 is 2.83 bits per heavy atom. The maximum absolute atomic E-state index is 11.9. The molecule has 0 saturated heterocycles. The molecule has 18 heavy (non-hydrogen) atoms. The molecular weight excluding hydrogens is 228 g/mol. The summed E-state index contributed by atoms with van der Waals surface area (Å²) in [6.07, 6.45) is 9.67. The van der Waals surface area contributed by atoms with Crippen LogP contribution < -0.4 is 11.1 Å². The zero-order valence-electron chi connectivity index (χ0n) is 10.7. The van der Waals surface area contributed by atoms with Crippen LogP contribution in [0, 0.1) is 5.92 Å². The minimum Gasteiger partial charge on any atom is -0.350 e. The molecule has 1 unspecified atom stereocenters. The van der Waals surface area contributed by atoms with Gasteiger partial charge in [-0.1, -0.05) is 19.3 Å². The quantitative estimate of drug-likeness (QED) is 0.815. The van der Waals surface area contributed by atoms with Gasteiger partial charge in [-0.15, -0.1) is 0 Å². The van der Waals surface area contributed by atoms with E-state index in [2.05, 4.69) is 10.4 Å². The molecule has 5 nitrogen and oxygen atoms in total. The molecule has 1 heterocycles. The highest BCUT2D eigenvalue weighted by atomic mass is 16.2. The van der Waals surface area contributed by atoms with Gasteiger partial charge in [0.1, 0.15) is 6.54 Å². The minimum absolute atomic E-state index is 0.000256. The number of hydrogen-bond acceptors (Lipinski definition) is 3. The summed E-state index contributed by atoms with van der Waals surface area (Å²) < 4.78 is 1.63. The molecule has 1 amide bonds. The van der Waals surface area contributed by atoms with E-state index >= 15 is 0 Å². The molecule has 2 rings (SSSR count).